The van der Waals surface area contributed by atoms with Crippen LogP contribution in [0.25, 0.3) is 0 Å². The summed E-state index contributed by atoms with van der Waals surface area (Å²) in [7, 11) is -7.26. The van der Waals surface area contributed by atoms with Crippen LogP contribution < -0.4 is 19.2 Å². The van der Waals surface area contributed by atoms with Crippen LogP contribution in [0.3, 0.4) is 0 Å². The molecule has 0 aromatic rings. The van der Waals surface area contributed by atoms with Crippen LogP contribution in [0.15, 0.2) is 0 Å². The first-order valence-corrected chi connectivity index (χ1v) is 3.67. The zero-order chi connectivity index (χ0) is 7.15. The summed E-state index contributed by atoms with van der Waals surface area (Å²) in [6.07, 6.45) is 0. The second-order valence-electron chi connectivity index (χ2n) is 0.500. The predicted molar refractivity (Wildman–Crippen MR) is 12.9 cm³/mol. The summed E-state index contributed by atoms with van der Waals surface area (Å²) in [5.74, 6) is 0. The molecule has 0 heterocycles. The second-order valence-corrected chi connectivity index (χ2v) is 1.50. The molecule has 0 bridgehead atoms. The normalized spacial score (nSPS) is 5.33. The molecule has 6 nitrogen and oxygen atoms in total. The van der Waals surface area contributed by atoms with Crippen molar-refractivity contribution in [2.75, 3.05) is 0 Å². The van der Waals surface area contributed by atoms with Crippen molar-refractivity contribution in [3.05, 3.63) is 0 Å². The third kappa shape index (κ3) is 45800. The average Bonchev–Trinajstić information content (AvgIpc) is 1.25. The standard InChI is InChI=1S/Mo.2O3Si/c;2*1-4(2)3/q+4;2*-2. The maximum Gasteiger partial charge on any atom is 4.00 e. The van der Waals surface area contributed by atoms with E-state index in [1.54, 1.807) is 0 Å². The third-order valence-corrected chi connectivity index (χ3v) is 0. The van der Waals surface area contributed by atoms with Crippen LogP contribution in [-0.4, -0.2) is 18.3 Å². The van der Waals surface area contributed by atoms with E-state index in [9.17, 15) is 0 Å². The van der Waals surface area contributed by atoms with E-state index in [0.29, 0.717) is 0 Å². The molecule has 0 amide bonds. The van der Waals surface area contributed by atoms with Gasteiger partial charge in [0.1, 0.15) is 0 Å². The Labute approximate surface area is 67.8 Å². The SMILES string of the molecule is O=[Si]([O-])[O-].O=[Si]([O-])[O-].[Mo+4]. The Morgan fingerprint density at radius 2 is 0.778 bits per heavy atom. The topological polar surface area (TPSA) is 126 Å². The van der Waals surface area contributed by atoms with Crippen molar-refractivity contribution in [1.29, 1.82) is 0 Å². The van der Waals surface area contributed by atoms with Crippen molar-refractivity contribution in [2.45, 2.75) is 0 Å². The maximum absolute atomic E-state index is 8.52. The Morgan fingerprint density at radius 1 is 0.778 bits per heavy atom. The van der Waals surface area contributed by atoms with E-state index in [1.165, 1.54) is 0 Å². The van der Waals surface area contributed by atoms with Gasteiger partial charge in [-0.05, 0) is 0 Å². The molecule has 0 aliphatic rings. The zero-order valence-electron chi connectivity index (χ0n) is 3.86. The smallest absolute Gasteiger partial charge is 0.672 e. The molecule has 0 aliphatic heterocycles. The summed E-state index contributed by atoms with van der Waals surface area (Å²) in [6, 6.07) is 0. The van der Waals surface area contributed by atoms with Crippen LogP contribution in [0.2, 0.25) is 0 Å². The van der Waals surface area contributed by atoms with Gasteiger partial charge in [-0.15, -0.1) is 0 Å². The van der Waals surface area contributed by atoms with Gasteiger partial charge in [-0.25, -0.2) is 0 Å². The van der Waals surface area contributed by atoms with E-state index in [-0.39, 0.29) is 21.1 Å². The van der Waals surface area contributed by atoms with Crippen LogP contribution in [0, 0.1) is 0 Å². The summed E-state index contributed by atoms with van der Waals surface area (Å²) in [5.41, 5.74) is 0. The minimum Gasteiger partial charge on any atom is -0.672 e. The minimum absolute atomic E-state index is 0. The minimum atomic E-state index is -3.63. The van der Waals surface area contributed by atoms with Gasteiger partial charge in [-0.2, -0.15) is 0 Å². The second kappa shape index (κ2) is 10.8. The number of hydrogen-bond acceptors (Lipinski definition) is 6. The van der Waals surface area contributed by atoms with Gasteiger partial charge in [0.2, 0.25) is 0 Å². The van der Waals surface area contributed by atoms with E-state index < -0.39 is 18.3 Å². The Hall–Kier alpha value is -0.0779. The molecule has 0 aromatic heterocycles. The van der Waals surface area contributed by atoms with Crippen molar-refractivity contribution < 1.29 is 49.2 Å². The molecule has 50 valence electrons. The molecule has 9 heteroatoms. The number of hydrogen-bond donors (Lipinski definition) is 0. The van der Waals surface area contributed by atoms with Crippen LogP contribution in [0.4, 0.5) is 0 Å². The molecule has 0 N–H and O–H groups in total. The van der Waals surface area contributed by atoms with Gasteiger partial charge in [-0.1, -0.05) is 0 Å². The van der Waals surface area contributed by atoms with Crippen LogP contribution >= 0.6 is 0 Å². The quantitative estimate of drug-likeness (QED) is 0.393. The van der Waals surface area contributed by atoms with Gasteiger partial charge in [0.05, 0.1) is 0 Å². The summed E-state index contributed by atoms with van der Waals surface area (Å²) < 4.78 is 17.0. The van der Waals surface area contributed by atoms with Crippen molar-refractivity contribution in [3.8, 4) is 0 Å². The molecule has 0 aliphatic carbocycles. The van der Waals surface area contributed by atoms with Gasteiger partial charge < -0.3 is 28.1 Å². The van der Waals surface area contributed by atoms with Gasteiger partial charge in [0.25, 0.3) is 0 Å². The predicted octanol–water partition coefficient (Wildman–Crippen LogP) is -5.76. The van der Waals surface area contributed by atoms with Crippen molar-refractivity contribution >= 4 is 18.3 Å². The first-order valence-electron chi connectivity index (χ1n) is 1.22. The van der Waals surface area contributed by atoms with E-state index in [0.717, 1.165) is 0 Å². The molecule has 0 fully saturated rings. The summed E-state index contributed by atoms with van der Waals surface area (Å²) in [4.78, 5) is 34.1. The fourth-order valence-electron chi connectivity index (χ4n) is 0. The monoisotopic (exact) mass is 250 g/mol. The van der Waals surface area contributed by atoms with Gasteiger partial charge >= 0.3 is 21.1 Å². The molecule has 0 saturated heterocycles. The van der Waals surface area contributed by atoms with Crippen molar-refractivity contribution in [2.24, 2.45) is 0 Å². The van der Waals surface area contributed by atoms with Crippen LogP contribution in [0.1, 0.15) is 0 Å². The first-order chi connectivity index (χ1) is 3.46. The van der Waals surface area contributed by atoms with Crippen molar-refractivity contribution in [1.82, 2.24) is 0 Å². The third-order valence-electron chi connectivity index (χ3n) is 0. The fraction of sp³-hybridized carbons (Fsp3) is 0. The molecular weight excluding hydrogens is 248 g/mol. The van der Waals surface area contributed by atoms with Crippen molar-refractivity contribution in [3.63, 3.8) is 0 Å². The molecule has 0 atom stereocenters. The number of rotatable bonds is 0. The Kier molecular flexibility index (Phi) is 19.2. The van der Waals surface area contributed by atoms with Gasteiger partial charge in [0, 0.05) is 18.3 Å². The van der Waals surface area contributed by atoms with E-state index in [2.05, 4.69) is 0 Å². The summed E-state index contributed by atoms with van der Waals surface area (Å²) in [6.45, 7) is 0. The first kappa shape index (κ1) is 16.0. The molecule has 0 unspecified atom stereocenters. The molecule has 0 aromatic carbocycles. The summed E-state index contributed by atoms with van der Waals surface area (Å²) >= 11 is 0. The molecule has 9 heavy (non-hydrogen) atoms. The largest absolute Gasteiger partial charge is 4.00 e. The van der Waals surface area contributed by atoms with E-state index in [1.807, 2.05) is 0 Å². The zero-order valence-corrected chi connectivity index (χ0v) is 7.86. The molecule has 0 rings (SSSR count). The van der Waals surface area contributed by atoms with Crippen LogP contribution in [0.5, 0.6) is 0 Å². The molecule has 0 radical (unpaired) electrons. The Bertz CT molecular complexity index is 69.1. The molecule has 0 spiro atoms. The van der Waals surface area contributed by atoms with E-state index in [4.69, 9.17) is 28.1 Å². The summed E-state index contributed by atoms with van der Waals surface area (Å²) in [5, 5.41) is 0. The van der Waals surface area contributed by atoms with E-state index >= 15 is 0 Å². The van der Waals surface area contributed by atoms with Gasteiger partial charge in [-0.3, -0.25) is 0 Å². The van der Waals surface area contributed by atoms with Gasteiger partial charge in [0.15, 0.2) is 0 Å². The molecular formula is MoO6Si2. The van der Waals surface area contributed by atoms with Crippen LogP contribution in [-0.2, 0) is 30.0 Å². The Balaban J connectivity index is -0.0000000720. The fourth-order valence-corrected chi connectivity index (χ4v) is 0. The Morgan fingerprint density at radius 3 is 0.778 bits per heavy atom. The molecule has 0 saturated carbocycles. The average molecular weight is 248 g/mol. The maximum atomic E-state index is 8.52.